The van der Waals surface area contributed by atoms with Crippen LogP contribution in [0.15, 0.2) is 48.5 Å². The molecule has 2 N–H and O–H groups in total. The summed E-state index contributed by atoms with van der Waals surface area (Å²) in [7, 11) is 1.61. The summed E-state index contributed by atoms with van der Waals surface area (Å²) in [6.07, 6.45) is -4.77. The van der Waals surface area contributed by atoms with Crippen molar-refractivity contribution in [1.82, 2.24) is 4.90 Å². The molecule has 2 aromatic rings. The molecule has 9 heteroatoms. The van der Waals surface area contributed by atoms with E-state index in [-0.39, 0.29) is 24.7 Å². The number of nitrogens with zero attached hydrogens (tertiary/aromatic N) is 1. The third kappa shape index (κ3) is 8.12. The number of rotatable bonds is 8. The lowest BCUT2D eigenvalue weighted by Gasteiger charge is -2.16. The number of carbonyl (C=O) groups excluding carboxylic acids is 2. The van der Waals surface area contributed by atoms with Gasteiger partial charge in [-0.15, -0.1) is 13.2 Å². The van der Waals surface area contributed by atoms with E-state index in [4.69, 9.17) is 0 Å². The van der Waals surface area contributed by atoms with Crippen molar-refractivity contribution in [3.8, 4) is 5.75 Å². The smallest absolute Gasteiger partial charge is 0.406 e. The zero-order chi connectivity index (χ0) is 22.3. The zero-order valence-electron chi connectivity index (χ0n) is 16.9. The fourth-order valence-corrected chi connectivity index (χ4v) is 2.64. The maximum Gasteiger partial charge on any atom is 0.573 e. The molecule has 0 aliphatic rings. The Kier molecular flexibility index (Phi) is 7.82. The fourth-order valence-electron chi connectivity index (χ4n) is 2.64. The average molecular weight is 423 g/mol. The van der Waals surface area contributed by atoms with Crippen LogP contribution in [0.1, 0.15) is 25.3 Å². The third-order valence-corrected chi connectivity index (χ3v) is 4.06. The minimum Gasteiger partial charge on any atom is -0.406 e. The van der Waals surface area contributed by atoms with E-state index in [1.54, 1.807) is 7.05 Å². The fraction of sp³-hybridized carbons (Fsp3) is 0.333. The first-order valence-corrected chi connectivity index (χ1v) is 9.26. The van der Waals surface area contributed by atoms with Gasteiger partial charge in [-0.2, -0.15) is 0 Å². The van der Waals surface area contributed by atoms with E-state index in [0.717, 1.165) is 12.1 Å². The molecule has 2 aromatic carbocycles. The van der Waals surface area contributed by atoms with Crippen molar-refractivity contribution < 1.29 is 27.5 Å². The summed E-state index contributed by atoms with van der Waals surface area (Å²) >= 11 is 0. The van der Waals surface area contributed by atoms with Crippen molar-refractivity contribution in [2.45, 2.75) is 26.1 Å². The number of anilines is 2. The summed E-state index contributed by atoms with van der Waals surface area (Å²) < 4.78 is 40.2. The molecule has 30 heavy (non-hydrogen) atoms. The van der Waals surface area contributed by atoms with Crippen molar-refractivity contribution >= 4 is 23.2 Å². The molecule has 0 heterocycles. The Labute approximate surface area is 173 Å². The molecular formula is C21H24F3N3O3. The van der Waals surface area contributed by atoms with E-state index in [2.05, 4.69) is 29.2 Å². The molecule has 0 bridgehead atoms. The van der Waals surface area contributed by atoms with Crippen LogP contribution >= 0.6 is 0 Å². The van der Waals surface area contributed by atoms with E-state index in [0.29, 0.717) is 17.3 Å². The minimum absolute atomic E-state index is 0.00227. The lowest BCUT2D eigenvalue weighted by molar-refractivity contribution is -0.274. The molecule has 2 rings (SSSR count). The monoisotopic (exact) mass is 423 g/mol. The molecular weight excluding hydrogens is 399 g/mol. The minimum atomic E-state index is -4.77. The molecule has 6 nitrogen and oxygen atoms in total. The summed E-state index contributed by atoms with van der Waals surface area (Å²) in [4.78, 5) is 25.7. The topological polar surface area (TPSA) is 70.7 Å². The van der Waals surface area contributed by atoms with Crippen LogP contribution in [0.3, 0.4) is 0 Å². The number of amides is 2. The second kappa shape index (κ2) is 10.1. The molecule has 0 spiro atoms. The van der Waals surface area contributed by atoms with Crippen molar-refractivity contribution in [3.05, 3.63) is 54.1 Å². The van der Waals surface area contributed by atoms with Crippen LogP contribution in [0.25, 0.3) is 0 Å². The highest BCUT2D eigenvalue weighted by molar-refractivity contribution is 5.94. The molecule has 0 saturated carbocycles. The first-order chi connectivity index (χ1) is 14.0. The predicted octanol–water partition coefficient (Wildman–Crippen LogP) is 4.22. The van der Waals surface area contributed by atoms with Gasteiger partial charge in [0.05, 0.1) is 13.1 Å². The van der Waals surface area contributed by atoms with Crippen LogP contribution in [-0.4, -0.2) is 43.2 Å². The number of nitrogens with one attached hydrogen (secondary N) is 2. The largest absolute Gasteiger partial charge is 0.573 e. The van der Waals surface area contributed by atoms with Crippen LogP contribution in [0.2, 0.25) is 0 Å². The lowest BCUT2D eigenvalue weighted by atomic mass is 10.0. The van der Waals surface area contributed by atoms with Gasteiger partial charge in [0.2, 0.25) is 11.8 Å². The van der Waals surface area contributed by atoms with Crippen molar-refractivity contribution in [2.75, 3.05) is 30.8 Å². The van der Waals surface area contributed by atoms with E-state index >= 15 is 0 Å². The van der Waals surface area contributed by atoms with Gasteiger partial charge < -0.3 is 15.4 Å². The maximum absolute atomic E-state index is 12.2. The molecule has 0 atom stereocenters. The number of carbonyl (C=O) groups is 2. The first-order valence-electron chi connectivity index (χ1n) is 9.26. The Hall–Kier alpha value is -3.07. The van der Waals surface area contributed by atoms with Gasteiger partial charge in [0.25, 0.3) is 0 Å². The number of hydrogen-bond acceptors (Lipinski definition) is 4. The zero-order valence-corrected chi connectivity index (χ0v) is 16.9. The summed E-state index contributed by atoms with van der Waals surface area (Å²) in [5.74, 6) is -0.657. The number of likely N-dealkylation sites (N-methyl/N-ethyl adjacent to an activating group) is 1. The summed E-state index contributed by atoms with van der Waals surface area (Å²) in [5.41, 5.74) is 2.15. The Morgan fingerprint density at radius 3 is 1.73 bits per heavy atom. The Morgan fingerprint density at radius 1 is 0.900 bits per heavy atom. The van der Waals surface area contributed by atoms with Gasteiger partial charge in [0.15, 0.2) is 0 Å². The number of ether oxygens (including phenoxy) is 1. The van der Waals surface area contributed by atoms with Crippen LogP contribution in [0.5, 0.6) is 5.75 Å². The standard InChI is InChI=1S/C21H24F3N3O3/c1-14(2)15-4-6-16(7-5-15)25-19(28)12-27(3)13-20(29)26-17-8-10-18(11-9-17)30-21(22,23)24/h4-11,14H,12-13H2,1-3H3,(H,25,28)(H,26,29). The van der Waals surface area contributed by atoms with E-state index in [9.17, 15) is 22.8 Å². The van der Waals surface area contributed by atoms with Gasteiger partial charge >= 0.3 is 6.36 Å². The lowest BCUT2D eigenvalue weighted by Crippen LogP contribution is -2.36. The second-order valence-electron chi connectivity index (χ2n) is 7.12. The third-order valence-electron chi connectivity index (χ3n) is 4.06. The van der Waals surface area contributed by atoms with Gasteiger partial charge in [-0.3, -0.25) is 14.5 Å². The van der Waals surface area contributed by atoms with Crippen molar-refractivity contribution in [2.24, 2.45) is 0 Å². The number of benzene rings is 2. The normalized spacial score (nSPS) is 11.5. The molecule has 0 radical (unpaired) electrons. The number of halogens is 3. The molecule has 0 aliphatic carbocycles. The molecule has 0 saturated heterocycles. The SMILES string of the molecule is CC(C)c1ccc(NC(=O)CN(C)CC(=O)Nc2ccc(OC(F)(F)F)cc2)cc1. The van der Waals surface area contributed by atoms with Crippen molar-refractivity contribution in [1.29, 1.82) is 0 Å². The molecule has 0 unspecified atom stereocenters. The second-order valence-corrected chi connectivity index (χ2v) is 7.12. The van der Waals surface area contributed by atoms with Crippen LogP contribution in [-0.2, 0) is 9.59 Å². The van der Waals surface area contributed by atoms with Crippen LogP contribution < -0.4 is 15.4 Å². The van der Waals surface area contributed by atoms with Gasteiger partial charge in [-0.05, 0) is 54.9 Å². The molecule has 0 aliphatic heterocycles. The van der Waals surface area contributed by atoms with Gasteiger partial charge in [0, 0.05) is 11.4 Å². The highest BCUT2D eigenvalue weighted by Gasteiger charge is 2.30. The molecule has 0 fully saturated rings. The molecule has 0 aromatic heterocycles. The quantitative estimate of drug-likeness (QED) is 0.667. The van der Waals surface area contributed by atoms with Crippen molar-refractivity contribution in [3.63, 3.8) is 0 Å². The number of hydrogen-bond donors (Lipinski definition) is 2. The Morgan fingerprint density at radius 2 is 1.33 bits per heavy atom. The number of alkyl halides is 3. The molecule has 162 valence electrons. The summed E-state index contributed by atoms with van der Waals surface area (Å²) in [5, 5.41) is 5.32. The molecule has 2 amide bonds. The van der Waals surface area contributed by atoms with Gasteiger partial charge in [0.1, 0.15) is 5.75 Å². The van der Waals surface area contributed by atoms with Gasteiger partial charge in [-0.1, -0.05) is 26.0 Å². The van der Waals surface area contributed by atoms with E-state index in [1.165, 1.54) is 22.6 Å². The van der Waals surface area contributed by atoms with Crippen LogP contribution in [0, 0.1) is 0 Å². The van der Waals surface area contributed by atoms with Gasteiger partial charge in [-0.25, -0.2) is 0 Å². The highest BCUT2D eigenvalue weighted by atomic mass is 19.4. The van der Waals surface area contributed by atoms with E-state index in [1.807, 2.05) is 24.3 Å². The van der Waals surface area contributed by atoms with Crippen LogP contribution in [0.4, 0.5) is 24.5 Å². The average Bonchev–Trinajstić information content (AvgIpc) is 2.62. The van der Waals surface area contributed by atoms with E-state index < -0.39 is 12.3 Å². The predicted molar refractivity (Wildman–Crippen MR) is 108 cm³/mol. The summed E-state index contributed by atoms with van der Waals surface area (Å²) in [6, 6.07) is 12.3. The highest BCUT2D eigenvalue weighted by Crippen LogP contribution is 2.24. The Balaban J connectivity index is 1.78. The maximum atomic E-state index is 12.2. The Bertz CT molecular complexity index is 851. The first kappa shape index (κ1) is 23.2. The summed E-state index contributed by atoms with van der Waals surface area (Å²) in [6.45, 7) is 4.09.